The summed E-state index contributed by atoms with van der Waals surface area (Å²) < 4.78 is 1.73. The number of halogens is 1. The number of likely N-dealkylation sites (N-methyl/N-ethyl adjacent to an activating group) is 1. The summed E-state index contributed by atoms with van der Waals surface area (Å²) in [4.78, 5) is 21.5. The van der Waals surface area contributed by atoms with Crippen molar-refractivity contribution in [1.29, 1.82) is 0 Å². The highest BCUT2D eigenvalue weighted by Crippen LogP contribution is 2.33. The van der Waals surface area contributed by atoms with Crippen LogP contribution < -0.4 is 9.80 Å². The van der Waals surface area contributed by atoms with Crippen molar-refractivity contribution in [3.05, 3.63) is 44.6 Å². The van der Waals surface area contributed by atoms with Crippen LogP contribution in [0, 0.1) is 13.8 Å². The van der Waals surface area contributed by atoms with Gasteiger partial charge in [-0.05, 0) is 43.2 Å². The van der Waals surface area contributed by atoms with Crippen LogP contribution in [0.15, 0.2) is 24.3 Å². The van der Waals surface area contributed by atoms with Crippen LogP contribution in [0.2, 0.25) is 4.34 Å². The Hall–Kier alpha value is -1.47. The van der Waals surface area contributed by atoms with Gasteiger partial charge in [-0.1, -0.05) is 29.0 Å². The number of thiazole rings is 1. The fourth-order valence-corrected chi connectivity index (χ4v) is 4.55. The SMILES string of the molecule is Cc1ccc2sc(N(CC[NH+](C)C)C(=O)c3ccc(Cl)s3)nc2c1C. The number of amides is 1. The molecule has 3 rings (SSSR count). The molecule has 1 amide bonds. The second kappa shape index (κ2) is 7.41. The van der Waals surface area contributed by atoms with E-state index >= 15 is 0 Å². The van der Waals surface area contributed by atoms with E-state index in [-0.39, 0.29) is 5.91 Å². The van der Waals surface area contributed by atoms with Gasteiger partial charge in [0.1, 0.15) is 0 Å². The second-order valence-electron chi connectivity index (χ2n) is 6.37. The van der Waals surface area contributed by atoms with E-state index in [0.717, 1.165) is 21.9 Å². The van der Waals surface area contributed by atoms with Gasteiger partial charge in [-0.2, -0.15) is 0 Å². The quantitative estimate of drug-likeness (QED) is 0.720. The molecule has 2 heterocycles. The highest BCUT2D eigenvalue weighted by molar-refractivity contribution is 7.22. The lowest BCUT2D eigenvalue weighted by Crippen LogP contribution is -3.06. The maximum Gasteiger partial charge on any atom is 0.270 e. The molecule has 0 unspecified atom stereocenters. The van der Waals surface area contributed by atoms with Crippen molar-refractivity contribution in [3.8, 4) is 0 Å². The lowest BCUT2D eigenvalue weighted by atomic mass is 10.1. The van der Waals surface area contributed by atoms with Gasteiger partial charge in [0.15, 0.2) is 5.13 Å². The minimum atomic E-state index is -0.0356. The highest BCUT2D eigenvalue weighted by Gasteiger charge is 2.24. The molecule has 0 spiro atoms. The molecule has 132 valence electrons. The van der Waals surface area contributed by atoms with Crippen LogP contribution in [0.1, 0.15) is 20.8 Å². The molecule has 4 nitrogen and oxygen atoms in total. The topological polar surface area (TPSA) is 37.6 Å². The summed E-state index contributed by atoms with van der Waals surface area (Å²) in [7, 11) is 4.16. The van der Waals surface area contributed by atoms with E-state index in [1.807, 2.05) is 0 Å². The fourth-order valence-electron chi connectivity index (χ4n) is 2.51. The van der Waals surface area contributed by atoms with E-state index in [1.54, 1.807) is 28.4 Å². The molecule has 0 fully saturated rings. The first-order valence-electron chi connectivity index (χ1n) is 8.10. The van der Waals surface area contributed by atoms with Crippen molar-refractivity contribution >= 4 is 55.5 Å². The lowest BCUT2D eigenvalue weighted by Gasteiger charge is -2.19. The molecule has 1 N–H and O–H groups in total. The summed E-state index contributed by atoms with van der Waals surface area (Å²) in [6.45, 7) is 5.63. The largest absolute Gasteiger partial charge is 0.338 e. The number of aromatic nitrogens is 1. The molecule has 1 aromatic carbocycles. The number of anilines is 1. The number of nitrogens with zero attached hydrogens (tertiary/aromatic N) is 2. The third kappa shape index (κ3) is 3.87. The first kappa shape index (κ1) is 18.3. The van der Waals surface area contributed by atoms with Crippen LogP contribution in [0.5, 0.6) is 0 Å². The third-order valence-electron chi connectivity index (χ3n) is 4.17. The first-order valence-corrected chi connectivity index (χ1v) is 10.1. The molecule has 7 heteroatoms. The van der Waals surface area contributed by atoms with Crippen molar-refractivity contribution in [2.24, 2.45) is 0 Å². The first-order chi connectivity index (χ1) is 11.9. The average molecular weight is 395 g/mol. The van der Waals surface area contributed by atoms with Gasteiger partial charge in [0, 0.05) is 0 Å². The molecule has 0 aliphatic rings. The maximum absolute atomic E-state index is 13.0. The molecule has 0 radical (unpaired) electrons. The Morgan fingerprint density at radius 3 is 2.60 bits per heavy atom. The van der Waals surface area contributed by atoms with Gasteiger partial charge in [-0.15, -0.1) is 11.3 Å². The Balaban J connectivity index is 2.01. The molecule has 0 bridgehead atoms. The van der Waals surface area contributed by atoms with Gasteiger partial charge in [-0.3, -0.25) is 9.69 Å². The van der Waals surface area contributed by atoms with Gasteiger partial charge in [0.2, 0.25) is 0 Å². The number of quaternary nitrogens is 1. The fraction of sp³-hybridized carbons (Fsp3) is 0.333. The zero-order chi connectivity index (χ0) is 18.1. The zero-order valence-electron chi connectivity index (χ0n) is 14.7. The summed E-state index contributed by atoms with van der Waals surface area (Å²) in [6, 6.07) is 7.74. The van der Waals surface area contributed by atoms with Crippen LogP contribution in [0.3, 0.4) is 0 Å². The second-order valence-corrected chi connectivity index (χ2v) is 9.09. The number of benzene rings is 1. The highest BCUT2D eigenvalue weighted by atomic mass is 35.5. The average Bonchev–Trinajstić information content (AvgIpc) is 3.17. The van der Waals surface area contributed by atoms with E-state index in [2.05, 4.69) is 40.1 Å². The van der Waals surface area contributed by atoms with Gasteiger partial charge < -0.3 is 4.90 Å². The molecular formula is C18H21ClN3OS2+. The predicted molar refractivity (Wildman–Crippen MR) is 108 cm³/mol. The number of rotatable bonds is 5. The summed E-state index contributed by atoms with van der Waals surface area (Å²) in [5.74, 6) is -0.0356. The molecule has 25 heavy (non-hydrogen) atoms. The number of hydrogen-bond donors (Lipinski definition) is 1. The summed E-state index contributed by atoms with van der Waals surface area (Å²) >= 11 is 8.89. The Bertz CT molecular complexity index is 916. The summed E-state index contributed by atoms with van der Waals surface area (Å²) in [5.41, 5.74) is 3.37. The lowest BCUT2D eigenvalue weighted by molar-refractivity contribution is -0.856. The Morgan fingerprint density at radius 2 is 1.96 bits per heavy atom. The van der Waals surface area contributed by atoms with Gasteiger partial charge in [0.25, 0.3) is 5.91 Å². The number of fused-ring (bicyclic) bond motifs is 1. The Kier molecular flexibility index (Phi) is 5.43. The number of carbonyl (C=O) groups excluding carboxylic acids is 1. The van der Waals surface area contributed by atoms with Crippen LogP contribution in [0.4, 0.5) is 5.13 Å². The molecule has 0 saturated carbocycles. The Morgan fingerprint density at radius 1 is 1.20 bits per heavy atom. The van der Waals surface area contributed by atoms with Crippen LogP contribution >= 0.6 is 34.3 Å². The Labute approximate surface area is 160 Å². The normalized spacial score (nSPS) is 11.4. The van der Waals surface area contributed by atoms with Gasteiger partial charge in [0.05, 0.1) is 46.6 Å². The van der Waals surface area contributed by atoms with Crippen LogP contribution in [0.25, 0.3) is 10.2 Å². The van der Waals surface area contributed by atoms with Crippen LogP contribution in [-0.4, -0.2) is 38.1 Å². The molecule has 0 saturated heterocycles. The predicted octanol–water partition coefficient (Wildman–Crippen LogP) is 3.42. The van der Waals surface area contributed by atoms with Crippen molar-refractivity contribution in [3.63, 3.8) is 0 Å². The molecular weight excluding hydrogens is 374 g/mol. The molecule has 2 aromatic heterocycles. The number of hydrogen-bond acceptors (Lipinski definition) is 4. The van der Waals surface area contributed by atoms with Crippen molar-refractivity contribution in [2.75, 3.05) is 32.1 Å². The van der Waals surface area contributed by atoms with Crippen molar-refractivity contribution < 1.29 is 9.69 Å². The maximum atomic E-state index is 13.0. The molecule has 0 atom stereocenters. The smallest absolute Gasteiger partial charge is 0.270 e. The minimum Gasteiger partial charge on any atom is -0.338 e. The molecule has 0 aliphatic carbocycles. The molecule has 0 aliphatic heterocycles. The monoisotopic (exact) mass is 394 g/mol. The number of thiophene rings is 1. The summed E-state index contributed by atoms with van der Waals surface area (Å²) in [6.07, 6.45) is 0. The zero-order valence-corrected chi connectivity index (χ0v) is 17.1. The van der Waals surface area contributed by atoms with Crippen molar-refractivity contribution in [1.82, 2.24) is 4.98 Å². The van der Waals surface area contributed by atoms with E-state index in [9.17, 15) is 4.79 Å². The summed E-state index contributed by atoms with van der Waals surface area (Å²) in [5, 5.41) is 0.750. The minimum absolute atomic E-state index is 0.0356. The van der Waals surface area contributed by atoms with E-state index in [4.69, 9.17) is 16.6 Å². The third-order valence-corrected chi connectivity index (χ3v) is 6.43. The standard InChI is InChI=1S/C18H20ClN3OS2/c1-11-5-6-13-16(12(11)2)20-18(25-13)22(10-9-21(3)4)17(23)14-7-8-15(19)24-14/h5-8H,9-10H2,1-4H3/p+1. The van der Waals surface area contributed by atoms with E-state index in [0.29, 0.717) is 15.8 Å². The van der Waals surface area contributed by atoms with Gasteiger partial charge >= 0.3 is 0 Å². The van der Waals surface area contributed by atoms with Gasteiger partial charge in [-0.25, -0.2) is 4.98 Å². The number of nitrogens with one attached hydrogen (secondary N) is 1. The molecule has 3 aromatic rings. The van der Waals surface area contributed by atoms with E-state index in [1.165, 1.54) is 27.4 Å². The van der Waals surface area contributed by atoms with E-state index < -0.39 is 0 Å². The van der Waals surface area contributed by atoms with Crippen LogP contribution in [-0.2, 0) is 0 Å². The number of aryl methyl sites for hydroxylation is 2. The number of carbonyl (C=O) groups is 1. The van der Waals surface area contributed by atoms with Crippen molar-refractivity contribution in [2.45, 2.75) is 13.8 Å².